The molecule has 2 nitrogen and oxygen atoms in total. The van der Waals surface area contributed by atoms with E-state index < -0.39 is 0 Å². The SMILES string of the molecule is C#CCCC(C)C(C)C(=O)OCc1ccccc1. The van der Waals surface area contributed by atoms with E-state index >= 15 is 0 Å². The summed E-state index contributed by atoms with van der Waals surface area (Å²) < 4.78 is 5.30. The van der Waals surface area contributed by atoms with Gasteiger partial charge < -0.3 is 4.74 Å². The van der Waals surface area contributed by atoms with Crippen LogP contribution in [0.1, 0.15) is 32.3 Å². The molecule has 0 fully saturated rings. The molecule has 0 saturated heterocycles. The van der Waals surface area contributed by atoms with Gasteiger partial charge in [0.2, 0.25) is 0 Å². The number of carbonyl (C=O) groups is 1. The van der Waals surface area contributed by atoms with Crippen LogP contribution < -0.4 is 0 Å². The Labute approximate surface area is 109 Å². The summed E-state index contributed by atoms with van der Waals surface area (Å²) in [5, 5.41) is 0. The van der Waals surface area contributed by atoms with E-state index in [2.05, 4.69) is 5.92 Å². The summed E-state index contributed by atoms with van der Waals surface area (Å²) in [6.45, 7) is 4.27. The topological polar surface area (TPSA) is 26.3 Å². The summed E-state index contributed by atoms with van der Waals surface area (Å²) in [6, 6.07) is 9.69. The van der Waals surface area contributed by atoms with Crippen molar-refractivity contribution in [1.82, 2.24) is 0 Å². The summed E-state index contributed by atoms with van der Waals surface area (Å²) in [4.78, 5) is 11.8. The van der Waals surface area contributed by atoms with E-state index in [0.29, 0.717) is 13.0 Å². The van der Waals surface area contributed by atoms with Crippen LogP contribution >= 0.6 is 0 Å². The molecule has 2 heteroatoms. The fourth-order valence-electron chi connectivity index (χ4n) is 1.65. The number of terminal acetylenes is 1. The van der Waals surface area contributed by atoms with E-state index in [1.165, 1.54) is 0 Å². The van der Waals surface area contributed by atoms with E-state index in [0.717, 1.165) is 12.0 Å². The summed E-state index contributed by atoms with van der Waals surface area (Å²) in [5.74, 6) is 2.59. The minimum atomic E-state index is -0.150. The zero-order valence-electron chi connectivity index (χ0n) is 11.1. The van der Waals surface area contributed by atoms with E-state index in [4.69, 9.17) is 11.2 Å². The Hall–Kier alpha value is -1.75. The predicted molar refractivity (Wildman–Crippen MR) is 72.6 cm³/mol. The average Bonchev–Trinajstić information content (AvgIpc) is 2.42. The molecule has 1 aromatic carbocycles. The van der Waals surface area contributed by atoms with Gasteiger partial charge in [-0.2, -0.15) is 0 Å². The lowest BCUT2D eigenvalue weighted by Gasteiger charge is -2.17. The Morgan fingerprint density at radius 2 is 2.00 bits per heavy atom. The smallest absolute Gasteiger partial charge is 0.309 e. The lowest BCUT2D eigenvalue weighted by atomic mass is 9.92. The highest BCUT2D eigenvalue weighted by molar-refractivity contribution is 5.72. The van der Waals surface area contributed by atoms with Crippen LogP contribution in [-0.2, 0) is 16.1 Å². The van der Waals surface area contributed by atoms with Gasteiger partial charge in [-0.3, -0.25) is 4.79 Å². The second-order valence-corrected chi connectivity index (χ2v) is 4.60. The lowest BCUT2D eigenvalue weighted by Crippen LogP contribution is -2.21. The molecule has 0 spiro atoms. The molecule has 0 aromatic heterocycles. The molecule has 18 heavy (non-hydrogen) atoms. The second-order valence-electron chi connectivity index (χ2n) is 4.60. The highest BCUT2D eigenvalue weighted by Crippen LogP contribution is 2.18. The zero-order valence-corrected chi connectivity index (χ0v) is 11.1. The van der Waals surface area contributed by atoms with Crippen LogP contribution in [0.15, 0.2) is 30.3 Å². The normalized spacial score (nSPS) is 13.4. The molecular formula is C16H20O2. The molecule has 0 aliphatic carbocycles. The maximum atomic E-state index is 11.8. The molecule has 0 aliphatic rings. The third-order valence-electron chi connectivity index (χ3n) is 3.19. The van der Waals surface area contributed by atoms with Gasteiger partial charge in [0.1, 0.15) is 6.61 Å². The largest absolute Gasteiger partial charge is 0.461 e. The molecule has 0 amide bonds. The van der Waals surface area contributed by atoms with Crippen LogP contribution in [-0.4, -0.2) is 5.97 Å². The third-order valence-corrected chi connectivity index (χ3v) is 3.19. The summed E-state index contributed by atoms with van der Waals surface area (Å²) in [6.07, 6.45) is 6.79. The predicted octanol–water partition coefficient (Wildman–Crippen LogP) is 3.42. The summed E-state index contributed by atoms with van der Waals surface area (Å²) in [5.41, 5.74) is 1.01. The van der Waals surface area contributed by atoms with Crippen molar-refractivity contribution in [3.8, 4) is 12.3 Å². The van der Waals surface area contributed by atoms with Crippen LogP contribution in [0.4, 0.5) is 0 Å². The van der Waals surface area contributed by atoms with Gasteiger partial charge in [0.25, 0.3) is 0 Å². The molecule has 2 unspecified atom stereocenters. The van der Waals surface area contributed by atoms with Gasteiger partial charge >= 0.3 is 5.97 Å². The molecule has 1 rings (SSSR count). The Morgan fingerprint density at radius 3 is 2.61 bits per heavy atom. The first kappa shape index (κ1) is 14.3. The Kier molecular flexibility index (Phi) is 6.00. The maximum Gasteiger partial charge on any atom is 0.309 e. The van der Waals surface area contributed by atoms with Crippen molar-refractivity contribution in [3.05, 3.63) is 35.9 Å². The van der Waals surface area contributed by atoms with Crippen molar-refractivity contribution in [2.75, 3.05) is 0 Å². The molecule has 1 aromatic rings. The summed E-state index contributed by atoms with van der Waals surface area (Å²) in [7, 11) is 0. The fraction of sp³-hybridized carbons (Fsp3) is 0.438. The number of carbonyl (C=O) groups excluding carboxylic acids is 1. The van der Waals surface area contributed by atoms with E-state index in [9.17, 15) is 4.79 Å². The maximum absolute atomic E-state index is 11.8. The number of esters is 1. The van der Waals surface area contributed by atoms with Gasteiger partial charge in [-0.15, -0.1) is 12.3 Å². The summed E-state index contributed by atoms with van der Waals surface area (Å²) >= 11 is 0. The first-order valence-electron chi connectivity index (χ1n) is 6.29. The Balaban J connectivity index is 2.38. The van der Waals surface area contributed by atoms with Gasteiger partial charge in [0.05, 0.1) is 5.92 Å². The molecule has 0 N–H and O–H groups in total. The van der Waals surface area contributed by atoms with Crippen molar-refractivity contribution in [1.29, 1.82) is 0 Å². The molecule has 0 radical (unpaired) electrons. The van der Waals surface area contributed by atoms with Gasteiger partial charge in [0, 0.05) is 6.42 Å². The number of ether oxygens (including phenoxy) is 1. The van der Waals surface area contributed by atoms with E-state index in [1.54, 1.807) is 0 Å². The first-order valence-corrected chi connectivity index (χ1v) is 6.29. The molecule has 96 valence electrons. The molecule has 0 heterocycles. The van der Waals surface area contributed by atoms with E-state index in [1.807, 2.05) is 44.2 Å². The minimum Gasteiger partial charge on any atom is -0.461 e. The van der Waals surface area contributed by atoms with Crippen molar-refractivity contribution in [3.63, 3.8) is 0 Å². The molecule has 0 bridgehead atoms. The minimum absolute atomic E-state index is 0.109. The van der Waals surface area contributed by atoms with Crippen LogP contribution in [0.25, 0.3) is 0 Å². The number of benzene rings is 1. The van der Waals surface area contributed by atoms with Crippen molar-refractivity contribution in [2.45, 2.75) is 33.3 Å². The number of rotatable bonds is 6. The third kappa shape index (κ3) is 4.63. The quantitative estimate of drug-likeness (QED) is 0.566. The van der Waals surface area contributed by atoms with Gasteiger partial charge in [-0.25, -0.2) is 0 Å². The van der Waals surface area contributed by atoms with Crippen molar-refractivity contribution >= 4 is 5.97 Å². The molecular weight excluding hydrogens is 224 g/mol. The van der Waals surface area contributed by atoms with Crippen LogP contribution in [0.5, 0.6) is 0 Å². The fourth-order valence-corrected chi connectivity index (χ4v) is 1.65. The highest BCUT2D eigenvalue weighted by atomic mass is 16.5. The first-order chi connectivity index (χ1) is 8.65. The van der Waals surface area contributed by atoms with Gasteiger partial charge in [0.15, 0.2) is 0 Å². The number of hydrogen-bond acceptors (Lipinski definition) is 2. The van der Waals surface area contributed by atoms with Gasteiger partial charge in [-0.1, -0.05) is 44.2 Å². The van der Waals surface area contributed by atoms with Crippen LogP contribution in [0.2, 0.25) is 0 Å². The Bertz CT molecular complexity index is 403. The Morgan fingerprint density at radius 1 is 1.33 bits per heavy atom. The van der Waals surface area contributed by atoms with Crippen molar-refractivity contribution in [2.24, 2.45) is 11.8 Å². The highest BCUT2D eigenvalue weighted by Gasteiger charge is 2.21. The molecule has 2 atom stereocenters. The van der Waals surface area contributed by atoms with Crippen LogP contribution in [0.3, 0.4) is 0 Å². The molecule has 0 saturated carbocycles. The van der Waals surface area contributed by atoms with Gasteiger partial charge in [-0.05, 0) is 17.9 Å². The number of hydrogen-bond donors (Lipinski definition) is 0. The lowest BCUT2D eigenvalue weighted by molar-refractivity contribution is -0.151. The molecule has 0 aliphatic heterocycles. The average molecular weight is 244 g/mol. The second kappa shape index (κ2) is 7.55. The van der Waals surface area contributed by atoms with Crippen LogP contribution in [0, 0.1) is 24.2 Å². The zero-order chi connectivity index (χ0) is 13.4. The van der Waals surface area contributed by atoms with E-state index in [-0.39, 0.29) is 17.8 Å². The van der Waals surface area contributed by atoms with Crippen molar-refractivity contribution < 1.29 is 9.53 Å². The monoisotopic (exact) mass is 244 g/mol. The standard InChI is InChI=1S/C16H20O2/c1-4-5-9-13(2)14(3)16(17)18-12-15-10-7-6-8-11-15/h1,6-8,10-11,13-14H,5,9,12H2,2-3H3.